The lowest BCUT2D eigenvalue weighted by atomic mass is 10.2. The first-order valence-corrected chi connectivity index (χ1v) is 10.5. The molecule has 170 valence electrons. The Morgan fingerprint density at radius 1 is 1.03 bits per heavy atom. The van der Waals surface area contributed by atoms with Crippen molar-refractivity contribution in [2.75, 3.05) is 46.5 Å². The maximum absolute atomic E-state index is 11.8. The van der Waals surface area contributed by atoms with Crippen molar-refractivity contribution in [2.45, 2.75) is 64.9 Å². The fraction of sp³-hybridized carbons (Fsp3) is 0.850. The van der Waals surface area contributed by atoms with Crippen LogP contribution >= 0.6 is 0 Å². The van der Waals surface area contributed by atoms with Gasteiger partial charge in [0, 0.05) is 26.2 Å². The first-order chi connectivity index (χ1) is 14.0. The summed E-state index contributed by atoms with van der Waals surface area (Å²) in [6.07, 6.45) is 3.90. The molecule has 1 atom stereocenters. The first kappa shape index (κ1) is 27.1. The number of esters is 2. The van der Waals surface area contributed by atoms with Crippen LogP contribution in [0.1, 0.15) is 58.8 Å². The van der Waals surface area contributed by atoms with Crippen LogP contribution in [0, 0.1) is 0 Å². The minimum Gasteiger partial charge on any atom is -0.469 e. The molecule has 9 nitrogen and oxygen atoms in total. The normalized spacial score (nSPS) is 11.8. The van der Waals surface area contributed by atoms with Crippen LogP contribution in [0.5, 0.6) is 0 Å². The lowest BCUT2D eigenvalue weighted by Gasteiger charge is -2.20. The van der Waals surface area contributed by atoms with Crippen molar-refractivity contribution >= 4 is 18.0 Å². The van der Waals surface area contributed by atoms with Crippen LogP contribution in [-0.2, 0) is 23.8 Å². The molecule has 1 unspecified atom stereocenters. The van der Waals surface area contributed by atoms with E-state index < -0.39 is 6.09 Å². The summed E-state index contributed by atoms with van der Waals surface area (Å²) >= 11 is 0. The van der Waals surface area contributed by atoms with Gasteiger partial charge in [-0.25, -0.2) is 4.79 Å². The second-order valence-corrected chi connectivity index (χ2v) is 6.72. The van der Waals surface area contributed by atoms with E-state index in [1.165, 1.54) is 7.11 Å². The predicted octanol–water partition coefficient (Wildman–Crippen LogP) is 1.86. The molecule has 0 aliphatic carbocycles. The lowest BCUT2D eigenvalue weighted by molar-refractivity contribution is -0.144. The number of aliphatic hydroxyl groups is 1. The molecule has 0 aromatic heterocycles. The molecular formula is C20H38N2O7. The molecule has 0 saturated carbocycles. The van der Waals surface area contributed by atoms with Crippen LogP contribution in [0.15, 0.2) is 0 Å². The van der Waals surface area contributed by atoms with Crippen LogP contribution in [0.4, 0.5) is 4.79 Å². The van der Waals surface area contributed by atoms with Crippen molar-refractivity contribution in [1.29, 1.82) is 0 Å². The molecule has 0 aliphatic rings. The zero-order chi connectivity index (χ0) is 21.9. The number of ether oxygens (including phenoxy) is 3. The Hall–Kier alpha value is -1.87. The number of amides is 1. The van der Waals surface area contributed by atoms with Crippen LogP contribution in [0.25, 0.3) is 0 Å². The number of methoxy groups -OCH3 is 1. The fourth-order valence-electron chi connectivity index (χ4n) is 2.61. The summed E-state index contributed by atoms with van der Waals surface area (Å²) in [7, 11) is 1.32. The maximum atomic E-state index is 11.8. The molecule has 0 fully saturated rings. The Bertz CT molecular complexity index is 460. The Balaban J connectivity index is 3.81. The Labute approximate surface area is 174 Å². The van der Waals surface area contributed by atoms with Crippen molar-refractivity contribution < 1.29 is 33.7 Å². The molecule has 29 heavy (non-hydrogen) atoms. The number of rotatable bonds is 17. The third kappa shape index (κ3) is 15.7. The number of unbranched alkanes of at least 4 members (excludes halogenated alkanes) is 1. The molecular weight excluding hydrogens is 380 g/mol. The van der Waals surface area contributed by atoms with Gasteiger partial charge in [0.05, 0.1) is 33.2 Å². The number of hydrogen-bond donors (Lipinski definition) is 2. The van der Waals surface area contributed by atoms with Crippen molar-refractivity contribution in [3.63, 3.8) is 0 Å². The number of hydrogen-bond acceptors (Lipinski definition) is 8. The van der Waals surface area contributed by atoms with E-state index in [1.807, 2.05) is 11.8 Å². The molecule has 1 amide bonds. The van der Waals surface area contributed by atoms with E-state index in [9.17, 15) is 14.4 Å². The summed E-state index contributed by atoms with van der Waals surface area (Å²) in [6.45, 7) is 5.94. The van der Waals surface area contributed by atoms with Crippen LogP contribution in [-0.4, -0.2) is 80.6 Å². The monoisotopic (exact) mass is 418 g/mol. The number of alkyl carbamates (subject to hydrolysis) is 1. The van der Waals surface area contributed by atoms with Gasteiger partial charge in [-0.2, -0.15) is 0 Å². The van der Waals surface area contributed by atoms with Gasteiger partial charge in [-0.05, 0) is 25.7 Å². The van der Waals surface area contributed by atoms with Gasteiger partial charge in [0.2, 0.25) is 0 Å². The third-order valence-corrected chi connectivity index (χ3v) is 4.35. The summed E-state index contributed by atoms with van der Waals surface area (Å²) < 4.78 is 15.1. The minimum atomic E-state index is -0.404. The van der Waals surface area contributed by atoms with Crippen LogP contribution in [0.2, 0.25) is 0 Å². The summed E-state index contributed by atoms with van der Waals surface area (Å²) in [4.78, 5) is 36.5. The number of nitrogens with one attached hydrogen (secondary N) is 1. The van der Waals surface area contributed by atoms with Crippen LogP contribution in [0.3, 0.4) is 0 Å². The molecule has 0 radical (unpaired) electrons. The predicted molar refractivity (Wildman–Crippen MR) is 108 cm³/mol. The standard InChI is InChI=1S/C20H38N2O7/c1-4-8-17(5-2)29-20(26)21-11-6-7-16-28-19(25)10-13-22(14-15-23)12-9-18(24)27-3/h17,23H,4-16H2,1-3H3,(H,21,26). The zero-order valence-electron chi connectivity index (χ0n) is 18.1. The highest BCUT2D eigenvalue weighted by Gasteiger charge is 2.12. The summed E-state index contributed by atoms with van der Waals surface area (Å²) in [5.41, 5.74) is 0. The number of carbonyl (C=O) groups is 3. The molecule has 0 aromatic rings. The molecule has 0 aromatic carbocycles. The highest BCUT2D eigenvalue weighted by atomic mass is 16.6. The van der Waals surface area contributed by atoms with Gasteiger partial charge in [0.15, 0.2) is 0 Å². The molecule has 0 saturated heterocycles. The molecule has 0 rings (SSSR count). The second kappa shape index (κ2) is 18.2. The highest BCUT2D eigenvalue weighted by Crippen LogP contribution is 2.06. The van der Waals surface area contributed by atoms with Crippen LogP contribution < -0.4 is 5.32 Å². The summed E-state index contributed by atoms with van der Waals surface area (Å²) in [5.74, 6) is -0.660. The quantitative estimate of drug-likeness (QED) is 0.209. The van der Waals surface area contributed by atoms with Gasteiger partial charge in [-0.1, -0.05) is 20.3 Å². The zero-order valence-corrected chi connectivity index (χ0v) is 18.1. The second-order valence-electron chi connectivity index (χ2n) is 6.72. The number of carbonyl (C=O) groups excluding carboxylic acids is 3. The van der Waals surface area contributed by atoms with Crippen molar-refractivity contribution in [1.82, 2.24) is 10.2 Å². The summed E-state index contributed by atoms with van der Waals surface area (Å²) in [6, 6.07) is 0. The number of aliphatic hydroxyl groups excluding tert-OH is 1. The van der Waals surface area contributed by atoms with Crippen molar-refractivity contribution in [3.8, 4) is 0 Å². The average molecular weight is 419 g/mol. The third-order valence-electron chi connectivity index (χ3n) is 4.35. The Kier molecular flexibility index (Phi) is 17.0. The van der Waals surface area contributed by atoms with Gasteiger partial charge >= 0.3 is 18.0 Å². The van der Waals surface area contributed by atoms with E-state index in [0.717, 1.165) is 19.3 Å². The van der Waals surface area contributed by atoms with E-state index in [2.05, 4.69) is 17.0 Å². The molecule has 2 N–H and O–H groups in total. The minimum absolute atomic E-state index is 0.0426. The van der Waals surface area contributed by atoms with Crippen molar-refractivity contribution in [3.05, 3.63) is 0 Å². The van der Waals surface area contributed by atoms with Gasteiger partial charge < -0.3 is 24.6 Å². The van der Waals surface area contributed by atoms with E-state index in [4.69, 9.17) is 14.6 Å². The largest absolute Gasteiger partial charge is 0.469 e. The molecule has 9 heteroatoms. The fourth-order valence-corrected chi connectivity index (χ4v) is 2.61. The Morgan fingerprint density at radius 2 is 1.72 bits per heavy atom. The molecule has 0 heterocycles. The van der Waals surface area contributed by atoms with Gasteiger partial charge in [-0.3, -0.25) is 14.5 Å². The van der Waals surface area contributed by atoms with Gasteiger partial charge in [0.1, 0.15) is 6.10 Å². The van der Waals surface area contributed by atoms with Crippen molar-refractivity contribution in [2.24, 2.45) is 0 Å². The van der Waals surface area contributed by atoms with Gasteiger partial charge in [-0.15, -0.1) is 0 Å². The lowest BCUT2D eigenvalue weighted by Crippen LogP contribution is -2.32. The maximum Gasteiger partial charge on any atom is 0.407 e. The van der Waals surface area contributed by atoms with E-state index in [-0.39, 0.29) is 44.1 Å². The van der Waals surface area contributed by atoms with E-state index >= 15 is 0 Å². The smallest absolute Gasteiger partial charge is 0.407 e. The average Bonchev–Trinajstić information content (AvgIpc) is 2.71. The van der Waals surface area contributed by atoms with E-state index in [1.54, 1.807) is 0 Å². The topological polar surface area (TPSA) is 114 Å². The SMILES string of the molecule is CCCC(CC)OC(=O)NCCCCOC(=O)CCN(CCO)CCC(=O)OC. The highest BCUT2D eigenvalue weighted by molar-refractivity contribution is 5.70. The Morgan fingerprint density at radius 3 is 2.31 bits per heavy atom. The molecule has 0 spiro atoms. The van der Waals surface area contributed by atoms with E-state index in [0.29, 0.717) is 39.0 Å². The molecule has 0 aliphatic heterocycles. The summed E-state index contributed by atoms with van der Waals surface area (Å²) in [5, 5.41) is 11.8. The van der Waals surface area contributed by atoms with Gasteiger partial charge in [0.25, 0.3) is 0 Å². The first-order valence-electron chi connectivity index (χ1n) is 10.5. The molecule has 0 bridgehead atoms. The number of nitrogens with zero attached hydrogens (tertiary/aromatic N) is 1.